The Hall–Kier alpha value is -0.940. The normalized spacial score (nSPS) is 21.2. The van der Waals surface area contributed by atoms with E-state index in [0.29, 0.717) is 0 Å². The third-order valence-corrected chi connectivity index (χ3v) is 5.15. The predicted molar refractivity (Wildman–Crippen MR) is 81.8 cm³/mol. The number of rotatable bonds is 4. The van der Waals surface area contributed by atoms with Gasteiger partial charge in [-0.05, 0) is 38.8 Å². The van der Waals surface area contributed by atoms with Crippen LogP contribution in [-0.2, 0) is 11.3 Å². The van der Waals surface area contributed by atoms with Crippen LogP contribution in [0, 0.1) is 5.92 Å². The van der Waals surface area contributed by atoms with Gasteiger partial charge in [0.15, 0.2) is 5.13 Å². The Labute approximate surface area is 124 Å². The maximum absolute atomic E-state index is 11.9. The summed E-state index contributed by atoms with van der Waals surface area (Å²) in [6, 6.07) is 0. The molecule has 1 aliphatic carbocycles. The summed E-state index contributed by atoms with van der Waals surface area (Å²) < 4.78 is 0. The first-order chi connectivity index (χ1) is 9.81. The van der Waals surface area contributed by atoms with E-state index in [0.717, 1.165) is 30.2 Å². The molecule has 2 aliphatic rings. The van der Waals surface area contributed by atoms with Crippen LogP contribution in [0.15, 0.2) is 5.38 Å². The number of thiazole rings is 1. The monoisotopic (exact) mass is 293 g/mol. The summed E-state index contributed by atoms with van der Waals surface area (Å²) in [5.74, 6) is 0.389. The molecule has 0 unspecified atom stereocenters. The second-order valence-corrected chi connectivity index (χ2v) is 6.81. The van der Waals surface area contributed by atoms with Gasteiger partial charge in [-0.2, -0.15) is 0 Å². The molecule has 20 heavy (non-hydrogen) atoms. The quantitative estimate of drug-likeness (QED) is 0.927. The lowest BCUT2D eigenvalue weighted by Crippen LogP contribution is -2.28. The Morgan fingerprint density at radius 3 is 2.65 bits per heavy atom. The second-order valence-electron chi connectivity index (χ2n) is 5.95. The third kappa shape index (κ3) is 3.58. The smallest absolute Gasteiger partial charge is 0.229 e. The van der Waals surface area contributed by atoms with Gasteiger partial charge < -0.3 is 5.32 Å². The van der Waals surface area contributed by atoms with Crippen molar-refractivity contribution in [3.05, 3.63) is 11.1 Å². The van der Waals surface area contributed by atoms with Crippen LogP contribution in [0.25, 0.3) is 0 Å². The first-order valence-corrected chi connectivity index (χ1v) is 8.67. The third-order valence-electron chi connectivity index (χ3n) is 4.34. The van der Waals surface area contributed by atoms with Crippen molar-refractivity contribution in [3.8, 4) is 0 Å². The topological polar surface area (TPSA) is 45.2 Å². The van der Waals surface area contributed by atoms with Gasteiger partial charge in [0, 0.05) is 17.8 Å². The number of likely N-dealkylation sites (tertiary alicyclic amines) is 1. The van der Waals surface area contributed by atoms with E-state index in [1.54, 1.807) is 11.3 Å². The number of nitrogens with one attached hydrogen (secondary N) is 1. The minimum Gasteiger partial charge on any atom is -0.302 e. The highest BCUT2D eigenvalue weighted by molar-refractivity contribution is 7.13. The van der Waals surface area contributed by atoms with Gasteiger partial charge in [-0.3, -0.25) is 9.69 Å². The van der Waals surface area contributed by atoms with E-state index in [1.165, 1.54) is 45.2 Å². The van der Waals surface area contributed by atoms with Crippen molar-refractivity contribution in [2.45, 2.75) is 51.5 Å². The fourth-order valence-corrected chi connectivity index (χ4v) is 3.54. The number of anilines is 1. The van der Waals surface area contributed by atoms with Crippen molar-refractivity contribution in [3.63, 3.8) is 0 Å². The Balaban J connectivity index is 1.51. The van der Waals surface area contributed by atoms with E-state index < -0.39 is 0 Å². The van der Waals surface area contributed by atoms with Crippen LogP contribution in [-0.4, -0.2) is 28.9 Å². The molecule has 1 aromatic rings. The number of carbonyl (C=O) groups excluding carboxylic acids is 1. The number of amides is 1. The van der Waals surface area contributed by atoms with Gasteiger partial charge in [-0.1, -0.05) is 19.3 Å². The molecule has 1 aromatic heterocycles. The number of aromatic nitrogens is 1. The van der Waals surface area contributed by atoms with Gasteiger partial charge in [0.25, 0.3) is 0 Å². The maximum atomic E-state index is 11.9. The molecule has 1 N–H and O–H groups in total. The molecule has 0 bridgehead atoms. The lowest BCUT2D eigenvalue weighted by Gasteiger charge is -2.23. The molecule has 1 amide bonds. The maximum Gasteiger partial charge on any atom is 0.229 e. The lowest BCUT2D eigenvalue weighted by atomic mass is 9.85. The van der Waals surface area contributed by atoms with Crippen LogP contribution in [0.3, 0.4) is 0 Å². The van der Waals surface area contributed by atoms with Crippen LogP contribution < -0.4 is 5.32 Å². The van der Waals surface area contributed by atoms with Crippen molar-refractivity contribution < 1.29 is 4.79 Å². The first-order valence-electron chi connectivity index (χ1n) is 7.79. The molecule has 0 spiro atoms. The Morgan fingerprint density at radius 1 is 1.25 bits per heavy atom. The number of nitrogens with zero attached hydrogens (tertiary/aromatic N) is 2. The molecule has 2 heterocycles. The molecule has 1 saturated carbocycles. The fraction of sp³-hybridized carbons (Fsp3) is 0.733. The lowest BCUT2D eigenvalue weighted by molar-refractivity contribution is -0.122. The van der Waals surface area contributed by atoms with Crippen LogP contribution in [0.5, 0.6) is 0 Å². The van der Waals surface area contributed by atoms with Gasteiger partial charge in [-0.25, -0.2) is 4.98 Å². The van der Waals surface area contributed by atoms with Gasteiger partial charge in [-0.15, -0.1) is 11.3 Å². The van der Waals surface area contributed by atoms with E-state index in [9.17, 15) is 4.79 Å². The summed E-state index contributed by atoms with van der Waals surface area (Å²) in [6.07, 6.45) is 8.59. The molecule has 4 nitrogen and oxygen atoms in total. The highest BCUT2D eigenvalue weighted by Gasteiger charge is 2.25. The molecular formula is C15H23N3OS. The van der Waals surface area contributed by atoms with Crippen molar-refractivity contribution in [1.29, 1.82) is 0 Å². The summed E-state index contributed by atoms with van der Waals surface area (Å²) in [6.45, 7) is 3.29. The van der Waals surface area contributed by atoms with Crippen LogP contribution in [0.1, 0.15) is 50.6 Å². The molecule has 0 radical (unpaired) electrons. The van der Waals surface area contributed by atoms with Crippen LogP contribution >= 0.6 is 11.3 Å². The number of hydrogen-bond acceptors (Lipinski definition) is 4. The predicted octanol–water partition coefficient (Wildman–Crippen LogP) is 3.26. The molecule has 0 aromatic carbocycles. The second kappa shape index (κ2) is 6.68. The number of carbonyl (C=O) groups is 1. The van der Waals surface area contributed by atoms with Crippen molar-refractivity contribution in [1.82, 2.24) is 9.88 Å². The van der Waals surface area contributed by atoms with Gasteiger partial charge in [0.1, 0.15) is 0 Å². The van der Waals surface area contributed by atoms with Crippen molar-refractivity contribution >= 4 is 22.4 Å². The van der Waals surface area contributed by atoms with E-state index in [-0.39, 0.29) is 11.8 Å². The minimum atomic E-state index is 0.159. The molecular weight excluding hydrogens is 270 g/mol. The molecule has 2 fully saturated rings. The van der Waals surface area contributed by atoms with E-state index in [1.807, 2.05) is 0 Å². The summed E-state index contributed by atoms with van der Waals surface area (Å²) in [4.78, 5) is 18.9. The number of hydrogen-bond donors (Lipinski definition) is 1. The van der Waals surface area contributed by atoms with Crippen molar-refractivity contribution in [2.75, 3.05) is 18.4 Å². The largest absolute Gasteiger partial charge is 0.302 e. The van der Waals surface area contributed by atoms with E-state index in [2.05, 4.69) is 20.6 Å². The summed E-state index contributed by atoms with van der Waals surface area (Å²) in [5, 5.41) is 5.82. The molecule has 0 atom stereocenters. The SMILES string of the molecule is O=C(Nc1nc(CN2CCCCCC2)cs1)C1CCC1. The standard InChI is InChI=1S/C15H23N3OS/c19-14(12-6-5-7-12)17-15-16-13(11-20-15)10-18-8-3-1-2-4-9-18/h11-12H,1-10H2,(H,16,17,19). The minimum absolute atomic E-state index is 0.159. The van der Waals surface area contributed by atoms with Gasteiger partial charge in [0.2, 0.25) is 5.91 Å². The Kier molecular flexibility index (Phi) is 4.68. The van der Waals surface area contributed by atoms with Gasteiger partial charge in [0.05, 0.1) is 5.69 Å². The Morgan fingerprint density at radius 2 is 2.00 bits per heavy atom. The molecule has 110 valence electrons. The zero-order valence-electron chi connectivity index (χ0n) is 11.9. The van der Waals surface area contributed by atoms with Gasteiger partial charge >= 0.3 is 0 Å². The zero-order valence-corrected chi connectivity index (χ0v) is 12.8. The fourth-order valence-electron chi connectivity index (χ4n) is 2.84. The summed E-state index contributed by atoms with van der Waals surface area (Å²) >= 11 is 1.55. The van der Waals surface area contributed by atoms with Crippen LogP contribution in [0.4, 0.5) is 5.13 Å². The first kappa shape index (κ1) is 14.0. The van der Waals surface area contributed by atoms with E-state index >= 15 is 0 Å². The van der Waals surface area contributed by atoms with Crippen molar-refractivity contribution in [2.24, 2.45) is 5.92 Å². The zero-order chi connectivity index (χ0) is 13.8. The van der Waals surface area contributed by atoms with Crippen LogP contribution in [0.2, 0.25) is 0 Å². The average molecular weight is 293 g/mol. The molecule has 1 aliphatic heterocycles. The summed E-state index contributed by atoms with van der Waals surface area (Å²) in [5.41, 5.74) is 1.10. The molecule has 1 saturated heterocycles. The highest BCUT2D eigenvalue weighted by atomic mass is 32.1. The molecule has 3 rings (SSSR count). The average Bonchev–Trinajstić information content (AvgIpc) is 2.62. The van der Waals surface area contributed by atoms with E-state index in [4.69, 9.17) is 0 Å². The summed E-state index contributed by atoms with van der Waals surface area (Å²) in [7, 11) is 0. The Bertz CT molecular complexity index is 448. The highest BCUT2D eigenvalue weighted by Crippen LogP contribution is 2.28. The molecule has 5 heteroatoms.